The molecule has 2 heteroatoms. The second-order valence-electron chi connectivity index (χ2n) is 8.85. The maximum Gasteiger partial charge on any atom is 0.0749 e. The van der Waals surface area contributed by atoms with Gasteiger partial charge in [-0.3, -0.25) is 9.98 Å². The third-order valence-corrected chi connectivity index (χ3v) is 6.79. The van der Waals surface area contributed by atoms with Gasteiger partial charge >= 0.3 is 0 Å². The van der Waals surface area contributed by atoms with Crippen LogP contribution in [-0.4, -0.2) is 11.7 Å². The molecule has 138 valence electrons. The lowest BCUT2D eigenvalue weighted by atomic mass is 9.64. The molecule has 2 nitrogen and oxygen atoms in total. The molecule has 0 N–H and O–H groups in total. The quantitative estimate of drug-likeness (QED) is 0.481. The van der Waals surface area contributed by atoms with Gasteiger partial charge in [-0.05, 0) is 45.8 Å². The molecular formula is C26H24N2. The van der Waals surface area contributed by atoms with Gasteiger partial charge in [0.25, 0.3) is 0 Å². The predicted octanol–water partition coefficient (Wildman–Crippen LogP) is 6.43. The summed E-state index contributed by atoms with van der Waals surface area (Å²) in [5.74, 6) is 0. The molecule has 0 atom stereocenters. The summed E-state index contributed by atoms with van der Waals surface area (Å²) in [6.07, 6.45) is 3.83. The first-order chi connectivity index (χ1) is 13.3. The first-order valence-corrected chi connectivity index (χ1v) is 9.75. The zero-order valence-corrected chi connectivity index (χ0v) is 16.9. The molecule has 2 aliphatic rings. The van der Waals surface area contributed by atoms with Crippen LogP contribution < -0.4 is 0 Å². The van der Waals surface area contributed by atoms with Crippen LogP contribution in [0.4, 0.5) is 0 Å². The number of aromatic nitrogens is 1. The van der Waals surface area contributed by atoms with Crippen molar-refractivity contribution < 1.29 is 0 Å². The van der Waals surface area contributed by atoms with Crippen molar-refractivity contribution in [3.63, 3.8) is 0 Å². The SMILES string of the molecule is C=CC1=C(N=C)c2ccc3c4c(ccc(c24)C1(C)C)-c1ncccc1C3(C)C. The monoisotopic (exact) mass is 364 g/mol. The molecule has 5 rings (SSSR count). The summed E-state index contributed by atoms with van der Waals surface area (Å²) in [5.41, 5.74) is 9.19. The fourth-order valence-corrected chi connectivity index (χ4v) is 5.31. The lowest BCUT2D eigenvalue weighted by Crippen LogP contribution is -2.28. The summed E-state index contributed by atoms with van der Waals surface area (Å²) in [6, 6.07) is 13.3. The summed E-state index contributed by atoms with van der Waals surface area (Å²) >= 11 is 0. The highest BCUT2D eigenvalue weighted by atomic mass is 14.7. The number of benzene rings is 2. The summed E-state index contributed by atoms with van der Waals surface area (Å²) in [7, 11) is 0. The zero-order chi connectivity index (χ0) is 19.8. The Morgan fingerprint density at radius 3 is 2.18 bits per heavy atom. The number of nitrogens with zero attached hydrogens (tertiary/aromatic N) is 2. The van der Waals surface area contributed by atoms with E-state index in [9.17, 15) is 0 Å². The highest BCUT2D eigenvalue weighted by Crippen LogP contribution is 2.54. The van der Waals surface area contributed by atoms with E-state index in [1.54, 1.807) is 0 Å². The van der Waals surface area contributed by atoms with Gasteiger partial charge < -0.3 is 0 Å². The van der Waals surface area contributed by atoms with E-state index in [0.717, 1.165) is 22.5 Å². The fourth-order valence-electron chi connectivity index (χ4n) is 5.31. The normalized spacial score (nSPS) is 18.0. The lowest BCUT2D eigenvalue weighted by molar-refractivity contribution is 0.634. The standard InChI is InChI=1S/C26H24N2/c1-7-17-23(27-6)15-10-12-19-22-16(11-13-18(21(15)22)25(17,2)3)24-20(26(19,4)5)9-8-14-28-24/h7-14H,1,6H2,2-5H3. The van der Waals surface area contributed by atoms with Gasteiger partial charge in [-0.25, -0.2) is 0 Å². The summed E-state index contributed by atoms with van der Waals surface area (Å²) in [4.78, 5) is 9.23. The van der Waals surface area contributed by atoms with Crippen LogP contribution in [0.15, 0.2) is 65.8 Å². The number of pyridine rings is 1. The van der Waals surface area contributed by atoms with E-state index < -0.39 is 0 Å². The van der Waals surface area contributed by atoms with Crippen molar-refractivity contribution in [3.8, 4) is 11.3 Å². The highest BCUT2D eigenvalue weighted by Gasteiger charge is 2.39. The molecule has 0 radical (unpaired) electrons. The van der Waals surface area contributed by atoms with E-state index in [4.69, 9.17) is 4.98 Å². The number of allylic oxidation sites excluding steroid dienone is 2. The van der Waals surface area contributed by atoms with Gasteiger partial charge in [-0.2, -0.15) is 0 Å². The van der Waals surface area contributed by atoms with Gasteiger partial charge in [0.05, 0.1) is 11.4 Å². The Bertz CT molecular complexity index is 1240. The summed E-state index contributed by atoms with van der Waals surface area (Å²) in [6.45, 7) is 17.1. The molecule has 2 aromatic carbocycles. The Labute approximate surface area is 166 Å². The van der Waals surface area contributed by atoms with E-state index in [1.165, 1.54) is 33.0 Å². The zero-order valence-electron chi connectivity index (χ0n) is 16.9. The minimum absolute atomic E-state index is 0.109. The second kappa shape index (κ2) is 5.29. The number of hydrogen-bond acceptors (Lipinski definition) is 2. The molecule has 0 unspecified atom stereocenters. The molecule has 1 heterocycles. The number of hydrogen-bond donors (Lipinski definition) is 0. The average Bonchev–Trinajstić information content (AvgIpc) is 2.69. The lowest BCUT2D eigenvalue weighted by Gasteiger charge is -2.39. The molecule has 3 aromatic rings. The molecule has 0 fully saturated rings. The van der Waals surface area contributed by atoms with Crippen LogP contribution in [0.25, 0.3) is 27.7 Å². The molecule has 2 aliphatic carbocycles. The van der Waals surface area contributed by atoms with Crippen molar-refractivity contribution in [2.45, 2.75) is 38.5 Å². The van der Waals surface area contributed by atoms with Crippen LogP contribution in [0.3, 0.4) is 0 Å². The molecule has 0 saturated heterocycles. The maximum atomic E-state index is 4.78. The van der Waals surface area contributed by atoms with Gasteiger partial charge in [0.1, 0.15) is 0 Å². The summed E-state index contributed by atoms with van der Waals surface area (Å²) < 4.78 is 0. The molecular weight excluding hydrogens is 340 g/mol. The Hall–Kier alpha value is -3.00. The van der Waals surface area contributed by atoms with E-state index >= 15 is 0 Å². The van der Waals surface area contributed by atoms with E-state index in [0.29, 0.717) is 0 Å². The number of aliphatic imine (C=N–C) groups is 1. The Morgan fingerprint density at radius 1 is 0.857 bits per heavy atom. The Balaban J connectivity index is 2.05. The number of fused-ring (bicyclic) bond motifs is 2. The molecule has 0 bridgehead atoms. The van der Waals surface area contributed by atoms with Crippen molar-refractivity contribution >= 4 is 23.2 Å². The highest BCUT2D eigenvalue weighted by molar-refractivity contribution is 6.10. The van der Waals surface area contributed by atoms with E-state index in [-0.39, 0.29) is 10.8 Å². The molecule has 0 amide bonds. The van der Waals surface area contributed by atoms with Gasteiger partial charge in [-0.1, -0.05) is 70.7 Å². The van der Waals surface area contributed by atoms with Crippen LogP contribution >= 0.6 is 0 Å². The topological polar surface area (TPSA) is 25.2 Å². The minimum atomic E-state index is -0.184. The Kier molecular flexibility index (Phi) is 3.23. The van der Waals surface area contributed by atoms with Crippen LogP contribution in [0.5, 0.6) is 0 Å². The van der Waals surface area contributed by atoms with Gasteiger partial charge in [0, 0.05) is 28.2 Å². The predicted molar refractivity (Wildman–Crippen MR) is 119 cm³/mol. The van der Waals surface area contributed by atoms with Crippen LogP contribution in [0.1, 0.15) is 49.9 Å². The van der Waals surface area contributed by atoms with E-state index in [1.807, 2.05) is 18.3 Å². The van der Waals surface area contributed by atoms with Crippen molar-refractivity contribution in [3.05, 3.63) is 83.1 Å². The molecule has 1 aromatic heterocycles. The number of rotatable bonds is 2. The van der Waals surface area contributed by atoms with Crippen molar-refractivity contribution in [2.24, 2.45) is 4.99 Å². The maximum absolute atomic E-state index is 4.78. The average molecular weight is 364 g/mol. The molecule has 0 aliphatic heterocycles. The van der Waals surface area contributed by atoms with E-state index in [2.05, 4.69) is 76.3 Å². The third-order valence-electron chi connectivity index (χ3n) is 6.79. The van der Waals surface area contributed by atoms with Crippen molar-refractivity contribution in [1.29, 1.82) is 0 Å². The van der Waals surface area contributed by atoms with Crippen LogP contribution in [-0.2, 0) is 10.8 Å². The third kappa shape index (κ3) is 1.83. The van der Waals surface area contributed by atoms with Crippen molar-refractivity contribution in [2.75, 3.05) is 0 Å². The van der Waals surface area contributed by atoms with Crippen LogP contribution in [0.2, 0.25) is 0 Å². The minimum Gasteiger partial charge on any atom is -0.264 e. The first kappa shape index (κ1) is 17.1. The molecule has 0 spiro atoms. The Morgan fingerprint density at radius 2 is 1.50 bits per heavy atom. The van der Waals surface area contributed by atoms with Gasteiger partial charge in [0.15, 0.2) is 0 Å². The van der Waals surface area contributed by atoms with Gasteiger partial charge in [-0.15, -0.1) is 0 Å². The largest absolute Gasteiger partial charge is 0.264 e. The molecule has 0 saturated carbocycles. The second-order valence-corrected chi connectivity index (χ2v) is 8.85. The summed E-state index contributed by atoms with van der Waals surface area (Å²) in [5, 5.41) is 2.60. The van der Waals surface area contributed by atoms with Crippen molar-refractivity contribution in [1.82, 2.24) is 4.98 Å². The smallest absolute Gasteiger partial charge is 0.0749 e. The first-order valence-electron chi connectivity index (χ1n) is 9.75. The van der Waals surface area contributed by atoms with Gasteiger partial charge in [0.2, 0.25) is 0 Å². The van der Waals surface area contributed by atoms with Crippen LogP contribution in [0, 0.1) is 0 Å². The fraction of sp³-hybridized carbons (Fsp3) is 0.231. The molecule has 28 heavy (non-hydrogen) atoms.